The van der Waals surface area contributed by atoms with Crippen LogP contribution < -0.4 is 5.32 Å². The smallest absolute Gasteiger partial charge is 0.256 e. The van der Waals surface area contributed by atoms with Crippen LogP contribution in [-0.2, 0) is 4.79 Å². The summed E-state index contributed by atoms with van der Waals surface area (Å²) in [4.78, 5) is 16.4. The highest BCUT2D eigenvalue weighted by atomic mass is 32.2. The number of carbonyl (C=O) groups is 1. The number of anilines is 1. The van der Waals surface area contributed by atoms with Crippen LogP contribution in [0.5, 0.6) is 0 Å². The molecule has 26 heavy (non-hydrogen) atoms. The predicted molar refractivity (Wildman–Crippen MR) is 102 cm³/mol. The van der Waals surface area contributed by atoms with Crippen LogP contribution in [0.4, 0.5) is 10.1 Å². The fourth-order valence-electron chi connectivity index (χ4n) is 2.75. The Morgan fingerprint density at radius 3 is 2.46 bits per heavy atom. The first-order valence-corrected chi connectivity index (χ1v) is 9.13. The molecule has 6 heteroatoms. The first kappa shape index (κ1) is 18.2. The number of benzene rings is 2. The zero-order chi connectivity index (χ0) is 18.7. The number of thioether (sulfide) groups is 1. The van der Waals surface area contributed by atoms with Gasteiger partial charge >= 0.3 is 0 Å². The Labute approximate surface area is 155 Å². The van der Waals surface area contributed by atoms with Gasteiger partial charge in [0, 0.05) is 11.3 Å². The average molecular weight is 370 g/mol. The minimum atomic E-state index is -0.304. The van der Waals surface area contributed by atoms with Gasteiger partial charge in [0.2, 0.25) is 5.91 Å². The molecule has 0 radical (unpaired) electrons. The van der Waals surface area contributed by atoms with Gasteiger partial charge in [0.15, 0.2) is 5.76 Å². The molecule has 1 aromatic heterocycles. The zero-order valence-corrected chi connectivity index (χ0v) is 15.6. The van der Waals surface area contributed by atoms with E-state index in [1.54, 1.807) is 18.3 Å². The van der Waals surface area contributed by atoms with Gasteiger partial charge in [-0.05, 0) is 56.2 Å². The van der Waals surface area contributed by atoms with Gasteiger partial charge in [-0.1, -0.05) is 29.5 Å². The Morgan fingerprint density at radius 2 is 1.81 bits per heavy atom. The average Bonchev–Trinajstić information content (AvgIpc) is 3.06. The van der Waals surface area contributed by atoms with Crippen LogP contribution in [0.1, 0.15) is 16.7 Å². The summed E-state index contributed by atoms with van der Waals surface area (Å²) in [6, 6.07) is 10.1. The molecule has 0 bridgehead atoms. The lowest BCUT2D eigenvalue weighted by Gasteiger charge is -2.12. The van der Waals surface area contributed by atoms with Crippen LogP contribution in [0, 0.1) is 26.6 Å². The molecule has 3 aromatic rings. The maximum Gasteiger partial charge on any atom is 0.256 e. The molecular weight excluding hydrogens is 351 g/mol. The van der Waals surface area contributed by atoms with Gasteiger partial charge < -0.3 is 9.73 Å². The van der Waals surface area contributed by atoms with E-state index in [1.165, 1.54) is 29.5 Å². The van der Waals surface area contributed by atoms with E-state index in [1.807, 2.05) is 32.9 Å². The lowest BCUT2D eigenvalue weighted by molar-refractivity contribution is -0.113. The van der Waals surface area contributed by atoms with Crippen molar-refractivity contribution in [3.63, 3.8) is 0 Å². The summed E-state index contributed by atoms with van der Waals surface area (Å²) in [5, 5.41) is 3.35. The Hall–Kier alpha value is -2.60. The van der Waals surface area contributed by atoms with Gasteiger partial charge in [-0.3, -0.25) is 4.79 Å². The molecule has 134 valence electrons. The summed E-state index contributed by atoms with van der Waals surface area (Å²) in [5.74, 6) is 0.307. The molecule has 0 saturated heterocycles. The number of carbonyl (C=O) groups excluding carboxylic acids is 1. The second-order valence-electron chi connectivity index (χ2n) is 6.11. The largest absolute Gasteiger partial charge is 0.431 e. The third-order valence-electron chi connectivity index (χ3n) is 3.88. The maximum atomic E-state index is 13.0. The van der Waals surface area contributed by atoms with E-state index >= 15 is 0 Å². The number of nitrogens with one attached hydrogen (secondary N) is 1. The Balaban J connectivity index is 1.61. The van der Waals surface area contributed by atoms with Crippen molar-refractivity contribution in [3.05, 3.63) is 65.1 Å². The van der Waals surface area contributed by atoms with E-state index in [9.17, 15) is 9.18 Å². The SMILES string of the molecule is Cc1cc(C)c(NC(=O)CSc2ncc(-c3ccc(F)cc3)o2)c(C)c1. The number of amides is 1. The van der Waals surface area contributed by atoms with Crippen molar-refractivity contribution >= 4 is 23.4 Å². The van der Waals surface area contributed by atoms with Crippen LogP contribution in [0.2, 0.25) is 0 Å². The van der Waals surface area contributed by atoms with Gasteiger partial charge in [-0.25, -0.2) is 9.37 Å². The molecular formula is C20H19FN2O2S. The Kier molecular flexibility index (Phi) is 5.42. The van der Waals surface area contributed by atoms with Gasteiger partial charge in [-0.15, -0.1) is 0 Å². The molecule has 0 saturated carbocycles. The van der Waals surface area contributed by atoms with Crippen molar-refractivity contribution < 1.29 is 13.6 Å². The van der Waals surface area contributed by atoms with Crippen LogP contribution >= 0.6 is 11.8 Å². The summed E-state index contributed by atoms with van der Waals surface area (Å²) in [6.45, 7) is 5.99. The number of hydrogen-bond acceptors (Lipinski definition) is 4. The second-order valence-corrected chi connectivity index (χ2v) is 7.03. The third-order valence-corrected chi connectivity index (χ3v) is 4.72. The van der Waals surface area contributed by atoms with Gasteiger partial charge in [-0.2, -0.15) is 0 Å². The number of rotatable bonds is 5. The molecule has 4 nitrogen and oxygen atoms in total. The number of halogens is 1. The Morgan fingerprint density at radius 1 is 1.15 bits per heavy atom. The van der Waals surface area contributed by atoms with Gasteiger partial charge in [0.25, 0.3) is 5.22 Å². The molecule has 0 atom stereocenters. The molecule has 2 aromatic carbocycles. The highest BCUT2D eigenvalue weighted by Crippen LogP contribution is 2.26. The van der Waals surface area contributed by atoms with Crippen molar-refractivity contribution in [3.8, 4) is 11.3 Å². The summed E-state index contributed by atoms with van der Waals surface area (Å²) in [5.41, 5.74) is 4.83. The molecule has 0 aliphatic carbocycles. The number of aryl methyl sites for hydroxylation is 3. The molecule has 0 aliphatic heterocycles. The fraction of sp³-hybridized carbons (Fsp3) is 0.200. The van der Waals surface area contributed by atoms with Crippen LogP contribution in [0.15, 0.2) is 52.2 Å². The van der Waals surface area contributed by atoms with E-state index in [4.69, 9.17) is 4.42 Å². The van der Waals surface area contributed by atoms with E-state index in [2.05, 4.69) is 10.3 Å². The topological polar surface area (TPSA) is 55.1 Å². The lowest BCUT2D eigenvalue weighted by Crippen LogP contribution is -2.15. The van der Waals surface area contributed by atoms with E-state index in [-0.39, 0.29) is 17.5 Å². The van der Waals surface area contributed by atoms with Gasteiger partial charge in [0.1, 0.15) is 5.82 Å². The summed E-state index contributed by atoms with van der Waals surface area (Å²) >= 11 is 1.22. The first-order chi connectivity index (χ1) is 12.4. The standard InChI is InChI=1S/C20H19FN2O2S/c1-12-8-13(2)19(14(3)9-12)23-18(24)11-26-20-22-10-17(25-20)15-4-6-16(21)7-5-15/h4-10H,11H2,1-3H3,(H,23,24). The van der Waals surface area contributed by atoms with Gasteiger partial charge in [0.05, 0.1) is 11.9 Å². The molecule has 1 amide bonds. The van der Waals surface area contributed by atoms with E-state index < -0.39 is 0 Å². The van der Waals surface area contributed by atoms with Crippen molar-refractivity contribution in [2.24, 2.45) is 0 Å². The number of oxazole rings is 1. The summed E-state index contributed by atoms with van der Waals surface area (Å²) in [6.07, 6.45) is 1.57. The number of aromatic nitrogens is 1. The molecule has 1 heterocycles. The minimum Gasteiger partial charge on any atom is -0.431 e. The van der Waals surface area contributed by atoms with Crippen LogP contribution in [-0.4, -0.2) is 16.6 Å². The fourth-order valence-corrected chi connectivity index (χ4v) is 3.36. The molecule has 0 unspecified atom stereocenters. The lowest BCUT2D eigenvalue weighted by atomic mass is 10.1. The number of hydrogen-bond donors (Lipinski definition) is 1. The van der Waals surface area contributed by atoms with Crippen molar-refractivity contribution in [1.82, 2.24) is 4.98 Å². The van der Waals surface area contributed by atoms with Crippen molar-refractivity contribution in [1.29, 1.82) is 0 Å². The molecule has 1 N–H and O–H groups in total. The third kappa shape index (κ3) is 4.32. The molecule has 0 aliphatic rings. The van der Waals surface area contributed by atoms with Crippen LogP contribution in [0.3, 0.4) is 0 Å². The van der Waals surface area contributed by atoms with Crippen LogP contribution in [0.25, 0.3) is 11.3 Å². The Bertz CT molecular complexity index is 912. The first-order valence-electron chi connectivity index (χ1n) is 8.14. The number of nitrogens with zero attached hydrogens (tertiary/aromatic N) is 1. The van der Waals surface area contributed by atoms with Crippen molar-refractivity contribution in [2.75, 3.05) is 11.1 Å². The highest BCUT2D eigenvalue weighted by molar-refractivity contribution is 7.99. The predicted octanol–water partition coefficient (Wildman–Crippen LogP) is 5.14. The monoisotopic (exact) mass is 370 g/mol. The van der Waals surface area contributed by atoms with Crippen molar-refractivity contribution in [2.45, 2.75) is 26.0 Å². The highest BCUT2D eigenvalue weighted by Gasteiger charge is 2.12. The maximum absolute atomic E-state index is 13.0. The zero-order valence-electron chi connectivity index (χ0n) is 14.8. The van der Waals surface area contributed by atoms with E-state index in [0.29, 0.717) is 11.0 Å². The van der Waals surface area contributed by atoms with E-state index in [0.717, 1.165) is 22.4 Å². The quantitative estimate of drug-likeness (QED) is 0.632. The second kappa shape index (κ2) is 7.74. The molecule has 0 spiro atoms. The summed E-state index contributed by atoms with van der Waals surface area (Å²) in [7, 11) is 0. The summed E-state index contributed by atoms with van der Waals surface area (Å²) < 4.78 is 18.6. The molecule has 0 fully saturated rings. The normalized spacial score (nSPS) is 10.8. The minimum absolute atomic E-state index is 0.119. The molecule has 3 rings (SSSR count).